The molecule has 0 aliphatic heterocycles. The van der Waals surface area contributed by atoms with Crippen LogP contribution in [0.1, 0.15) is 33.3 Å². The van der Waals surface area contributed by atoms with Crippen LogP contribution in [0.25, 0.3) is 0 Å². The smallest absolute Gasteiger partial charge is 0.246 e. The second-order valence-corrected chi connectivity index (χ2v) is 7.52. The summed E-state index contributed by atoms with van der Waals surface area (Å²) in [5.74, 6) is -2.50. The van der Waals surface area contributed by atoms with Gasteiger partial charge >= 0.3 is 0 Å². The first-order valence-electron chi connectivity index (χ1n) is 6.81. The number of nitrogens with zero attached hydrogens (tertiary/aromatic N) is 1. The standard InChI is InChI=1S/C14H22F2N2O2S/c1-9(2)8-18(10(3)4)21(19,20)13-6-11(7-17)5-12(15)14(13)16/h5-6,9-10H,7-8,17H2,1-4H3. The van der Waals surface area contributed by atoms with E-state index in [1.165, 1.54) is 4.31 Å². The lowest BCUT2D eigenvalue weighted by Gasteiger charge is -2.27. The molecule has 0 saturated carbocycles. The number of hydrogen-bond donors (Lipinski definition) is 1. The highest BCUT2D eigenvalue weighted by molar-refractivity contribution is 7.89. The maximum atomic E-state index is 14.0. The lowest BCUT2D eigenvalue weighted by Crippen LogP contribution is -2.40. The Hall–Kier alpha value is -1.05. The minimum atomic E-state index is -4.12. The van der Waals surface area contributed by atoms with E-state index in [4.69, 9.17) is 5.73 Å². The molecule has 0 unspecified atom stereocenters. The summed E-state index contributed by atoms with van der Waals surface area (Å²) in [6.45, 7) is 7.28. The molecule has 0 saturated heterocycles. The molecule has 1 aromatic rings. The van der Waals surface area contributed by atoms with Crippen LogP contribution in [0, 0.1) is 17.6 Å². The molecule has 120 valence electrons. The van der Waals surface area contributed by atoms with Crippen molar-refractivity contribution in [3.05, 3.63) is 29.3 Å². The number of sulfonamides is 1. The second kappa shape index (κ2) is 6.81. The fraction of sp³-hybridized carbons (Fsp3) is 0.571. The minimum absolute atomic E-state index is 0.0628. The Morgan fingerprint density at radius 3 is 2.19 bits per heavy atom. The molecule has 2 N–H and O–H groups in total. The maximum Gasteiger partial charge on any atom is 0.246 e. The molecule has 4 nitrogen and oxygen atoms in total. The number of hydrogen-bond acceptors (Lipinski definition) is 3. The van der Waals surface area contributed by atoms with Crippen molar-refractivity contribution in [2.45, 2.75) is 45.2 Å². The van der Waals surface area contributed by atoms with Crippen molar-refractivity contribution in [3.8, 4) is 0 Å². The third-order valence-corrected chi connectivity index (χ3v) is 5.04. The van der Waals surface area contributed by atoms with Gasteiger partial charge in [-0.3, -0.25) is 0 Å². The van der Waals surface area contributed by atoms with Crippen LogP contribution in [-0.2, 0) is 16.6 Å². The Bertz CT molecular complexity index is 601. The van der Waals surface area contributed by atoms with E-state index in [9.17, 15) is 17.2 Å². The van der Waals surface area contributed by atoms with E-state index in [1.54, 1.807) is 13.8 Å². The average Bonchev–Trinajstić information content (AvgIpc) is 2.38. The van der Waals surface area contributed by atoms with Crippen molar-refractivity contribution in [2.75, 3.05) is 6.54 Å². The van der Waals surface area contributed by atoms with Crippen molar-refractivity contribution < 1.29 is 17.2 Å². The summed E-state index contributed by atoms with van der Waals surface area (Å²) in [5, 5.41) is 0. The second-order valence-electron chi connectivity index (χ2n) is 5.66. The zero-order chi connectivity index (χ0) is 16.4. The fourth-order valence-electron chi connectivity index (χ4n) is 2.00. The van der Waals surface area contributed by atoms with E-state index in [-0.39, 0.29) is 30.6 Å². The molecular weight excluding hydrogens is 298 g/mol. The van der Waals surface area contributed by atoms with E-state index >= 15 is 0 Å². The third-order valence-electron chi connectivity index (χ3n) is 3.00. The van der Waals surface area contributed by atoms with Crippen LogP contribution < -0.4 is 5.73 Å². The first-order valence-corrected chi connectivity index (χ1v) is 8.25. The molecule has 0 heterocycles. The van der Waals surface area contributed by atoms with Crippen LogP contribution in [0.5, 0.6) is 0 Å². The minimum Gasteiger partial charge on any atom is -0.326 e. The van der Waals surface area contributed by atoms with Gasteiger partial charge in [0.05, 0.1) is 0 Å². The summed E-state index contributed by atoms with van der Waals surface area (Å²) >= 11 is 0. The maximum absolute atomic E-state index is 14.0. The molecule has 0 aromatic heterocycles. The van der Waals surface area contributed by atoms with E-state index in [1.807, 2.05) is 13.8 Å². The van der Waals surface area contributed by atoms with Crippen molar-refractivity contribution in [1.29, 1.82) is 0 Å². The van der Waals surface area contributed by atoms with Gasteiger partial charge in [0.1, 0.15) is 4.90 Å². The average molecular weight is 320 g/mol. The number of nitrogens with two attached hydrogens (primary N) is 1. The molecule has 0 spiro atoms. The molecule has 7 heteroatoms. The molecule has 0 amide bonds. The summed E-state index contributed by atoms with van der Waals surface area (Å²) in [7, 11) is -4.12. The summed E-state index contributed by atoms with van der Waals surface area (Å²) in [6, 6.07) is 1.65. The highest BCUT2D eigenvalue weighted by Crippen LogP contribution is 2.25. The van der Waals surface area contributed by atoms with Gasteiger partial charge in [0, 0.05) is 19.1 Å². The monoisotopic (exact) mass is 320 g/mol. The van der Waals surface area contributed by atoms with Gasteiger partial charge < -0.3 is 5.73 Å². The fourth-order valence-corrected chi connectivity index (χ4v) is 3.92. The predicted molar refractivity (Wildman–Crippen MR) is 78.1 cm³/mol. The number of benzene rings is 1. The first kappa shape index (κ1) is 18.0. The normalized spacial score (nSPS) is 12.7. The molecule has 0 radical (unpaired) electrons. The van der Waals surface area contributed by atoms with Gasteiger partial charge in [-0.25, -0.2) is 17.2 Å². The van der Waals surface area contributed by atoms with Crippen molar-refractivity contribution in [3.63, 3.8) is 0 Å². The molecule has 21 heavy (non-hydrogen) atoms. The molecule has 1 aromatic carbocycles. The predicted octanol–water partition coefficient (Wildman–Crippen LogP) is 2.48. The van der Waals surface area contributed by atoms with Crippen molar-refractivity contribution >= 4 is 10.0 Å². The Morgan fingerprint density at radius 2 is 1.76 bits per heavy atom. The molecule has 0 aliphatic carbocycles. The van der Waals surface area contributed by atoms with Gasteiger partial charge in [0.2, 0.25) is 10.0 Å². The van der Waals surface area contributed by atoms with Crippen LogP contribution in [-0.4, -0.2) is 25.3 Å². The zero-order valence-corrected chi connectivity index (χ0v) is 13.5. The van der Waals surface area contributed by atoms with Crippen LogP contribution in [0.15, 0.2) is 17.0 Å². The Balaban J connectivity index is 3.44. The molecule has 0 fully saturated rings. The quantitative estimate of drug-likeness (QED) is 0.876. The number of rotatable bonds is 6. The van der Waals surface area contributed by atoms with E-state index in [2.05, 4.69) is 0 Å². The van der Waals surface area contributed by atoms with Crippen molar-refractivity contribution in [1.82, 2.24) is 4.31 Å². The highest BCUT2D eigenvalue weighted by atomic mass is 32.2. The highest BCUT2D eigenvalue weighted by Gasteiger charge is 2.31. The largest absolute Gasteiger partial charge is 0.326 e. The molecule has 0 aliphatic rings. The van der Waals surface area contributed by atoms with Gasteiger partial charge in [0.15, 0.2) is 11.6 Å². The number of halogens is 2. The van der Waals surface area contributed by atoms with Gasteiger partial charge in [-0.1, -0.05) is 13.8 Å². The Morgan fingerprint density at radius 1 is 1.19 bits per heavy atom. The van der Waals surface area contributed by atoms with E-state index in [0.717, 1.165) is 12.1 Å². The molecule has 0 bridgehead atoms. The van der Waals surface area contributed by atoms with Crippen LogP contribution in [0.3, 0.4) is 0 Å². The Labute approximate surface area is 125 Å². The van der Waals surface area contributed by atoms with Crippen LogP contribution in [0.2, 0.25) is 0 Å². The summed E-state index contributed by atoms with van der Waals surface area (Å²) in [6.07, 6.45) is 0. The van der Waals surface area contributed by atoms with E-state index in [0.29, 0.717) is 0 Å². The SMILES string of the molecule is CC(C)CN(C(C)C)S(=O)(=O)c1cc(CN)cc(F)c1F. The topological polar surface area (TPSA) is 63.4 Å². The lowest BCUT2D eigenvalue weighted by atomic mass is 10.2. The summed E-state index contributed by atoms with van der Waals surface area (Å²) in [5.41, 5.74) is 5.64. The lowest BCUT2D eigenvalue weighted by molar-refractivity contribution is 0.316. The summed E-state index contributed by atoms with van der Waals surface area (Å²) in [4.78, 5) is -0.655. The van der Waals surface area contributed by atoms with Crippen LogP contribution >= 0.6 is 0 Å². The molecular formula is C14H22F2N2O2S. The van der Waals surface area contributed by atoms with Gasteiger partial charge in [-0.05, 0) is 37.5 Å². The summed E-state index contributed by atoms with van der Waals surface area (Å²) < 4.78 is 54.0. The van der Waals surface area contributed by atoms with Gasteiger partial charge in [0.25, 0.3) is 0 Å². The van der Waals surface area contributed by atoms with Crippen LogP contribution in [0.4, 0.5) is 8.78 Å². The van der Waals surface area contributed by atoms with E-state index < -0.39 is 26.6 Å². The Kier molecular flexibility index (Phi) is 5.83. The van der Waals surface area contributed by atoms with Gasteiger partial charge in [-0.15, -0.1) is 0 Å². The molecule has 0 atom stereocenters. The third kappa shape index (κ3) is 3.99. The first-order chi connectivity index (χ1) is 9.61. The van der Waals surface area contributed by atoms with Crippen molar-refractivity contribution in [2.24, 2.45) is 11.7 Å². The van der Waals surface area contributed by atoms with Gasteiger partial charge in [-0.2, -0.15) is 4.31 Å². The zero-order valence-electron chi connectivity index (χ0n) is 12.7. The molecule has 1 rings (SSSR count).